The van der Waals surface area contributed by atoms with Crippen molar-refractivity contribution in [2.75, 3.05) is 32.7 Å². The van der Waals surface area contributed by atoms with Crippen molar-refractivity contribution in [3.05, 3.63) is 35.9 Å². The van der Waals surface area contributed by atoms with Crippen LogP contribution in [0.25, 0.3) is 0 Å². The van der Waals surface area contributed by atoms with Gasteiger partial charge in [0.1, 0.15) is 0 Å². The van der Waals surface area contributed by atoms with Gasteiger partial charge in [0, 0.05) is 24.7 Å². The Kier molecular flexibility index (Phi) is 6.36. The molecular formula is C22H35N3O. The molecule has 0 bridgehead atoms. The molecule has 0 aromatic heterocycles. The molecule has 26 heavy (non-hydrogen) atoms. The van der Waals surface area contributed by atoms with E-state index in [0.717, 1.165) is 13.1 Å². The van der Waals surface area contributed by atoms with Gasteiger partial charge in [0.25, 0.3) is 0 Å². The van der Waals surface area contributed by atoms with Gasteiger partial charge in [0.2, 0.25) is 5.91 Å². The summed E-state index contributed by atoms with van der Waals surface area (Å²) in [5, 5.41) is 0. The predicted octanol–water partition coefficient (Wildman–Crippen LogP) is 3.37. The summed E-state index contributed by atoms with van der Waals surface area (Å²) in [5.41, 5.74) is 1.03. The van der Waals surface area contributed by atoms with Crippen molar-refractivity contribution in [2.24, 2.45) is 0 Å². The number of rotatable bonds is 5. The highest BCUT2D eigenvalue weighted by molar-refractivity contribution is 5.79. The van der Waals surface area contributed by atoms with Crippen molar-refractivity contribution in [1.29, 1.82) is 0 Å². The normalized spacial score (nSPS) is 22.5. The van der Waals surface area contributed by atoms with Gasteiger partial charge in [-0.2, -0.15) is 0 Å². The Hall–Kier alpha value is -1.39. The summed E-state index contributed by atoms with van der Waals surface area (Å²) in [6.45, 7) is 12.2. The second-order valence-electron chi connectivity index (χ2n) is 8.91. The highest BCUT2D eigenvalue weighted by atomic mass is 16.2. The highest BCUT2D eigenvalue weighted by Gasteiger charge is 2.31. The topological polar surface area (TPSA) is 26.8 Å². The maximum atomic E-state index is 13.2. The van der Waals surface area contributed by atoms with Crippen LogP contribution in [0.15, 0.2) is 30.3 Å². The first-order valence-electron chi connectivity index (χ1n) is 10.2. The first-order chi connectivity index (χ1) is 12.4. The van der Waals surface area contributed by atoms with Gasteiger partial charge in [0.05, 0.1) is 6.54 Å². The molecule has 2 fully saturated rings. The summed E-state index contributed by atoms with van der Waals surface area (Å²) in [6.07, 6.45) is 5.18. The van der Waals surface area contributed by atoms with Crippen LogP contribution in [0.1, 0.15) is 52.0 Å². The zero-order valence-corrected chi connectivity index (χ0v) is 16.8. The number of likely N-dealkylation sites (tertiary alicyclic amines) is 2. The fourth-order valence-electron chi connectivity index (χ4n) is 4.32. The average molecular weight is 358 g/mol. The number of carbonyl (C=O) groups excluding carboxylic acids is 1. The molecule has 3 rings (SSSR count). The standard InChI is InChI=1S/C22H35N3O/c1-22(2,3)25(16-19-10-5-4-6-11-19)21(26)18-23-13-9-12-20(17-23)24-14-7-8-15-24/h4-6,10-11,20H,7-9,12-18H2,1-3H3. The third-order valence-electron chi connectivity index (χ3n) is 5.79. The third kappa shape index (κ3) is 5.08. The fraction of sp³-hybridized carbons (Fsp3) is 0.682. The van der Waals surface area contributed by atoms with E-state index in [9.17, 15) is 4.79 Å². The largest absolute Gasteiger partial charge is 0.332 e. The summed E-state index contributed by atoms with van der Waals surface area (Å²) >= 11 is 0. The Bertz CT molecular complexity index is 575. The number of hydrogen-bond acceptors (Lipinski definition) is 3. The molecule has 0 N–H and O–H groups in total. The van der Waals surface area contributed by atoms with E-state index in [-0.39, 0.29) is 11.4 Å². The zero-order valence-electron chi connectivity index (χ0n) is 16.8. The summed E-state index contributed by atoms with van der Waals surface area (Å²) in [6, 6.07) is 11.0. The Balaban J connectivity index is 1.61. The van der Waals surface area contributed by atoms with Gasteiger partial charge in [-0.1, -0.05) is 30.3 Å². The Morgan fingerprint density at radius 2 is 1.77 bits per heavy atom. The zero-order chi connectivity index (χ0) is 18.6. The monoisotopic (exact) mass is 357 g/mol. The molecule has 2 saturated heterocycles. The average Bonchev–Trinajstić information content (AvgIpc) is 3.14. The van der Waals surface area contributed by atoms with Crippen molar-refractivity contribution in [3.8, 4) is 0 Å². The Labute approximate surface area is 159 Å². The molecule has 1 aromatic rings. The first kappa shape index (κ1) is 19.4. The molecule has 4 nitrogen and oxygen atoms in total. The van der Waals surface area contributed by atoms with E-state index < -0.39 is 0 Å². The molecule has 0 spiro atoms. The van der Waals surface area contributed by atoms with Gasteiger partial charge in [0.15, 0.2) is 0 Å². The summed E-state index contributed by atoms with van der Waals surface area (Å²) < 4.78 is 0. The van der Waals surface area contributed by atoms with Crippen molar-refractivity contribution in [3.63, 3.8) is 0 Å². The quantitative estimate of drug-likeness (QED) is 0.808. The van der Waals surface area contributed by atoms with Gasteiger partial charge in [-0.25, -0.2) is 0 Å². The lowest BCUT2D eigenvalue weighted by Gasteiger charge is -2.40. The molecule has 1 amide bonds. The molecule has 0 aliphatic carbocycles. The maximum absolute atomic E-state index is 13.2. The third-order valence-corrected chi connectivity index (χ3v) is 5.79. The summed E-state index contributed by atoms with van der Waals surface area (Å²) in [7, 11) is 0. The molecular weight excluding hydrogens is 322 g/mol. The van der Waals surface area contributed by atoms with E-state index in [1.165, 1.54) is 44.3 Å². The Morgan fingerprint density at radius 1 is 1.08 bits per heavy atom. The number of hydrogen-bond donors (Lipinski definition) is 0. The van der Waals surface area contributed by atoms with E-state index in [4.69, 9.17) is 0 Å². The van der Waals surface area contributed by atoms with E-state index in [1.807, 2.05) is 23.1 Å². The minimum atomic E-state index is -0.170. The lowest BCUT2D eigenvalue weighted by molar-refractivity contribution is -0.138. The predicted molar refractivity (Wildman–Crippen MR) is 107 cm³/mol. The molecule has 1 aromatic carbocycles. The molecule has 2 aliphatic rings. The summed E-state index contributed by atoms with van der Waals surface area (Å²) in [4.78, 5) is 20.2. The number of piperidine rings is 1. The van der Waals surface area contributed by atoms with Crippen LogP contribution in [0.3, 0.4) is 0 Å². The maximum Gasteiger partial charge on any atom is 0.237 e. The lowest BCUT2D eigenvalue weighted by atomic mass is 10.0. The molecule has 2 aliphatic heterocycles. The number of nitrogens with zero attached hydrogens (tertiary/aromatic N) is 3. The minimum absolute atomic E-state index is 0.170. The van der Waals surface area contributed by atoms with Gasteiger partial charge in [-0.3, -0.25) is 14.6 Å². The van der Waals surface area contributed by atoms with Crippen LogP contribution in [-0.4, -0.2) is 64.9 Å². The second-order valence-corrected chi connectivity index (χ2v) is 8.91. The van der Waals surface area contributed by atoms with E-state index in [1.54, 1.807) is 0 Å². The smallest absolute Gasteiger partial charge is 0.237 e. The molecule has 144 valence electrons. The van der Waals surface area contributed by atoms with E-state index in [0.29, 0.717) is 19.1 Å². The van der Waals surface area contributed by atoms with Crippen LogP contribution in [-0.2, 0) is 11.3 Å². The van der Waals surface area contributed by atoms with Crippen molar-refractivity contribution in [2.45, 2.75) is 64.6 Å². The van der Waals surface area contributed by atoms with Crippen molar-refractivity contribution < 1.29 is 4.79 Å². The van der Waals surface area contributed by atoms with E-state index >= 15 is 0 Å². The number of benzene rings is 1. The molecule has 4 heteroatoms. The molecule has 0 radical (unpaired) electrons. The van der Waals surface area contributed by atoms with Crippen LogP contribution in [0.4, 0.5) is 0 Å². The molecule has 1 atom stereocenters. The van der Waals surface area contributed by atoms with Crippen LogP contribution < -0.4 is 0 Å². The van der Waals surface area contributed by atoms with Gasteiger partial charge >= 0.3 is 0 Å². The van der Waals surface area contributed by atoms with Crippen molar-refractivity contribution >= 4 is 5.91 Å². The SMILES string of the molecule is CC(C)(C)N(Cc1ccccc1)C(=O)CN1CCCC(N2CCCC2)C1. The lowest BCUT2D eigenvalue weighted by Crippen LogP contribution is -2.53. The molecule has 2 heterocycles. The number of carbonyl (C=O) groups is 1. The van der Waals surface area contributed by atoms with Crippen molar-refractivity contribution in [1.82, 2.24) is 14.7 Å². The van der Waals surface area contributed by atoms with Crippen LogP contribution in [0.2, 0.25) is 0 Å². The highest BCUT2D eigenvalue weighted by Crippen LogP contribution is 2.22. The second kappa shape index (κ2) is 8.53. The van der Waals surface area contributed by atoms with E-state index in [2.05, 4.69) is 42.7 Å². The first-order valence-corrected chi connectivity index (χ1v) is 10.2. The molecule has 1 unspecified atom stereocenters. The molecule has 0 saturated carbocycles. The van der Waals surface area contributed by atoms with Crippen LogP contribution >= 0.6 is 0 Å². The van der Waals surface area contributed by atoms with Crippen LogP contribution in [0.5, 0.6) is 0 Å². The van der Waals surface area contributed by atoms with Crippen LogP contribution in [0, 0.1) is 0 Å². The van der Waals surface area contributed by atoms with Gasteiger partial charge in [-0.15, -0.1) is 0 Å². The fourth-order valence-corrected chi connectivity index (χ4v) is 4.32. The summed E-state index contributed by atoms with van der Waals surface area (Å²) in [5.74, 6) is 0.253. The van der Waals surface area contributed by atoms with Gasteiger partial charge < -0.3 is 4.90 Å². The Morgan fingerprint density at radius 3 is 2.42 bits per heavy atom. The number of amides is 1. The van der Waals surface area contributed by atoms with Gasteiger partial charge in [-0.05, 0) is 71.7 Å². The minimum Gasteiger partial charge on any atom is -0.332 e.